The Labute approximate surface area is 106 Å². The van der Waals surface area contributed by atoms with Gasteiger partial charge in [-0.15, -0.1) is 0 Å². The van der Waals surface area contributed by atoms with Crippen LogP contribution in [0.2, 0.25) is 0 Å². The summed E-state index contributed by atoms with van der Waals surface area (Å²) in [5, 5.41) is 6.49. The first kappa shape index (κ1) is 12.3. The van der Waals surface area contributed by atoms with E-state index in [-0.39, 0.29) is 5.91 Å². The Balaban J connectivity index is 1.93. The molecule has 0 saturated heterocycles. The summed E-state index contributed by atoms with van der Waals surface area (Å²) < 4.78 is 0. The summed E-state index contributed by atoms with van der Waals surface area (Å²) in [6.45, 7) is 2.48. The van der Waals surface area contributed by atoms with Crippen LogP contribution in [0.3, 0.4) is 0 Å². The molecule has 0 aliphatic heterocycles. The summed E-state index contributed by atoms with van der Waals surface area (Å²) in [5.41, 5.74) is 2.22. The Kier molecular flexibility index (Phi) is 3.72. The Morgan fingerprint density at radius 3 is 2.67 bits per heavy atom. The highest BCUT2D eigenvalue weighted by Gasteiger charge is 2.11. The zero-order valence-corrected chi connectivity index (χ0v) is 10.6. The molecule has 0 atom stereocenters. The molecule has 2 rings (SSSR count). The van der Waals surface area contributed by atoms with Crippen molar-refractivity contribution in [3.63, 3.8) is 0 Å². The maximum absolute atomic E-state index is 12.0. The summed E-state index contributed by atoms with van der Waals surface area (Å²) in [6.07, 6.45) is 1.85. The van der Waals surface area contributed by atoms with E-state index in [4.69, 9.17) is 0 Å². The summed E-state index contributed by atoms with van der Waals surface area (Å²) >= 11 is 0. The van der Waals surface area contributed by atoms with E-state index in [9.17, 15) is 4.79 Å². The van der Waals surface area contributed by atoms with Gasteiger partial charge in [-0.1, -0.05) is 29.8 Å². The average molecular weight is 244 g/mol. The van der Waals surface area contributed by atoms with Crippen molar-refractivity contribution >= 4 is 5.91 Å². The number of benzene rings is 1. The second-order valence-corrected chi connectivity index (χ2v) is 4.34. The molecule has 0 fully saturated rings. The quantitative estimate of drug-likeness (QED) is 0.882. The van der Waals surface area contributed by atoms with Gasteiger partial charge >= 0.3 is 0 Å². The molecule has 0 unspecified atom stereocenters. The molecule has 2 aromatic rings. The maximum Gasteiger partial charge on any atom is 0.227 e. The molecule has 0 aliphatic carbocycles. The van der Waals surface area contributed by atoms with Crippen molar-refractivity contribution in [2.45, 2.75) is 19.9 Å². The summed E-state index contributed by atoms with van der Waals surface area (Å²) in [5.74, 6) is 0.755. The van der Waals surface area contributed by atoms with Crippen molar-refractivity contribution in [2.24, 2.45) is 0 Å². The van der Waals surface area contributed by atoms with Gasteiger partial charge in [-0.3, -0.25) is 9.89 Å². The number of H-pyrrole nitrogens is 1. The van der Waals surface area contributed by atoms with Gasteiger partial charge in [0, 0.05) is 7.05 Å². The Morgan fingerprint density at radius 2 is 2.06 bits per heavy atom. The molecule has 18 heavy (non-hydrogen) atoms. The second-order valence-electron chi connectivity index (χ2n) is 4.34. The van der Waals surface area contributed by atoms with Crippen LogP contribution in [0.5, 0.6) is 0 Å². The van der Waals surface area contributed by atoms with E-state index in [1.54, 1.807) is 11.9 Å². The number of hydrogen-bond acceptors (Lipinski definition) is 3. The number of rotatable bonds is 4. The first-order valence-electron chi connectivity index (χ1n) is 5.79. The van der Waals surface area contributed by atoms with Crippen LogP contribution < -0.4 is 0 Å². The molecule has 0 spiro atoms. The van der Waals surface area contributed by atoms with Gasteiger partial charge in [0.25, 0.3) is 0 Å². The summed E-state index contributed by atoms with van der Waals surface area (Å²) in [7, 11) is 1.76. The van der Waals surface area contributed by atoms with Crippen LogP contribution >= 0.6 is 0 Å². The fourth-order valence-corrected chi connectivity index (χ4v) is 1.64. The number of likely N-dealkylation sites (N-methyl/N-ethyl adjacent to an activating group) is 1. The van der Waals surface area contributed by atoms with Crippen LogP contribution in [0.15, 0.2) is 30.6 Å². The molecule has 0 aliphatic rings. The number of aromatic nitrogens is 3. The third-order valence-electron chi connectivity index (χ3n) is 2.75. The smallest absolute Gasteiger partial charge is 0.227 e. The van der Waals surface area contributed by atoms with Crippen LogP contribution in [0.1, 0.15) is 17.0 Å². The van der Waals surface area contributed by atoms with Crippen LogP contribution in [-0.2, 0) is 17.8 Å². The van der Waals surface area contributed by atoms with Crippen LogP contribution in [0.4, 0.5) is 0 Å². The minimum absolute atomic E-state index is 0.0650. The van der Waals surface area contributed by atoms with E-state index < -0.39 is 0 Å². The topological polar surface area (TPSA) is 61.9 Å². The van der Waals surface area contributed by atoms with Gasteiger partial charge < -0.3 is 4.90 Å². The van der Waals surface area contributed by atoms with Crippen molar-refractivity contribution in [3.05, 3.63) is 47.5 Å². The van der Waals surface area contributed by atoms with Gasteiger partial charge in [-0.25, -0.2) is 4.98 Å². The molecule has 5 heteroatoms. The van der Waals surface area contributed by atoms with Crippen molar-refractivity contribution in [1.29, 1.82) is 0 Å². The number of hydrogen-bond donors (Lipinski definition) is 1. The molecule has 94 valence electrons. The van der Waals surface area contributed by atoms with Crippen LogP contribution in [0, 0.1) is 6.92 Å². The monoisotopic (exact) mass is 244 g/mol. The molecule has 1 aromatic heterocycles. The second kappa shape index (κ2) is 5.44. The van der Waals surface area contributed by atoms with Crippen LogP contribution in [-0.4, -0.2) is 33.0 Å². The van der Waals surface area contributed by atoms with E-state index in [1.807, 2.05) is 31.2 Å². The fraction of sp³-hybridized carbons (Fsp3) is 0.308. The van der Waals surface area contributed by atoms with Gasteiger partial charge in [-0.2, -0.15) is 5.10 Å². The maximum atomic E-state index is 12.0. The summed E-state index contributed by atoms with van der Waals surface area (Å²) in [6, 6.07) is 7.99. The minimum atomic E-state index is 0.0650. The van der Waals surface area contributed by atoms with Gasteiger partial charge in [0.1, 0.15) is 12.2 Å². The van der Waals surface area contributed by atoms with Crippen molar-refractivity contribution in [2.75, 3.05) is 7.05 Å². The van der Waals surface area contributed by atoms with Gasteiger partial charge in [0.2, 0.25) is 5.91 Å². The third kappa shape index (κ3) is 3.16. The first-order valence-corrected chi connectivity index (χ1v) is 5.79. The third-order valence-corrected chi connectivity index (χ3v) is 2.75. The lowest BCUT2D eigenvalue weighted by molar-refractivity contribution is -0.129. The fourth-order valence-electron chi connectivity index (χ4n) is 1.64. The molecular weight excluding hydrogens is 228 g/mol. The molecule has 5 nitrogen and oxygen atoms in total. The van der Waals surface area contributed by atoms with E-state index in [0.717, 1.165) is 5.56 Å². The Bertz CT molecular complexity index is 504. The van der Waals surface area contributed by atoms with E-state index in [1.165, 1.54) is 11.9 Å². The Morgan fingerprint density at radius 1 is 1.33 bits per heavy atom. The van der Waals surface area contributed by atoms with E-state index in [0.29, 0.717) is 18.8 Å². The number of carbonyl (C=O) groups excluding carboxylic acids is 1. The number of aromatic amines is 1. The number of carbonyl (C=O) groups is 1. The lowest BCUT2D eigenvalue weighted by Crippen LogP contribution is -2.28. The standard InChI is InChI=1S/C13H16N4O/c1-10-3-5-11(6-4-10)7-13(18)17(2)8-12-14-9-15-16-12/h3-6,9H,7-8H2,1-2H3,(H,14,15,16). The zero-order chi connectivity index (χ0) is 13.0. The predicted octanol–water partition coefficient (Wildman–Crippen LogP) is 1.31. The van der Waals surface area contributed by atoms with Crippen molar-refractivity contribution in [3.8, 4) is 0 Å². The highest BCUT2D eigenvalue weighted by atomic mass is 16.2. The normalized spacial score (nSPS) is 10.3. The number of aryl methyl sites for hydroxylation is 1. The number of nitrogens with one attached hydrogen (secondary N) is 1. The minimum Gasteiger partial charge on any atom is -0.338 e. The summed E-state index contributed by atoms with van der Waals surface area (Å²) in [4.78, 5) is 17.6. The number of nitrogens with zero attached hydrogens (tertiary/aromatic N) is 3. The molecule has 1 N–H and O–H groups in total. The van der Waals surface area contributed by atoms with Crippen LogP contribution in [0.25, 0.3) is 0 Å². The largest absolute Gasteiger partial charge is 0.338 e. The molecule has 1 aromatic carbocycles. The average Bonchev–Trinajstić information content (AvgIpc) is 2.85. The predicted molar refractivity (Wildman–Crippen MR) is 67.7 cm³/mol. The van der Waals surface area contributed by atoms with E-state index in [2.05, 4.69) is 15.2 Å². The molecular formula is C13H16N4O. The van der Waals surface area contributed by atoms with Crippen molar-refractivity contribution in [1.82, 2.24) is 20.1 Å². The van der Waals surface area contributed by atoms with Gasteiger partial charge in [-0.05, 0) is 12.5 Å². The van der Waals surface area contributed by atoms with E-state index >= 15 is 0 Å². The lowest BCUT2D eigenvalue weighted by Gasteiger charge is -2.15. The highest BCUT2D eigenvalue weighted by Crippen LogP contribution is 2.06. The molecule has 1 heterocycles. The van der Waals surface area contributed by atoms with Crippen molar-refractivity contribution < 1.29 is 4.79 Å². The first-order chi connectivity index (χ1) is 8.65. The molecule has 0 saturated carbocycles. The zero-order valence-electron chi connectivity index (χ0n) is 10.6. The molecule has 0 bridgehead atoms. The van der Waals surface area contributed by atoms with Gasteiger partial charge in [0.05, 0.1) is 13.0 Å². The number of amides is 1. The Hall–Kier alpha value is -2.17. The lowest BCUT2D eigenvalue weighted by atomic mass is 10.1. The molecule has 0 radical (unpaired) electrons. The molecule has 1 amide bonds. The van der Waals surface area contributed by atoms with Gasteiger partial charge in [0.15, 0.2) is 0 Å². The highest BCUT2D eigenvalue weighted by molar-refractivity contribution is 5.78. The SMILES string of the molecule is Cc1ccc(CC(=O)N(C)Cc2ncn[nH]2)cc1.